The molecule has 0 unspecified atom stereocenters. The average Bonchev–Trinajstić information content (AvgIpc) is 2.03. The molecular weight excluding hydrogens is 143 g/mol. The molecule has 0 heterocycles. The number of para-hydroxylation sites is 1. The van der Waals surface area contributed by atoms with Crippen molar-refractivity contribution in [3.05, 3.63) is 29.8 Å². The van der Waals surface area contributed by atoms with Crippen LogP contribution in [0, 0.1) is 11.8 Å². The van der Waals surface area contributed by atoms with Crippen molar-refractivity contribution in [2.75, 3.05) is 6.67 Å². The monoisotopic (exact) mass is 150 g/mol. The molecule has 0 aliphatic heterocycles. The highest BCUT2D eigenvalue weighted by Crippen LogP contribution is 2.13. The van der Waals surface area contributed by atoms with Crippen LogP contribution in [0.25, 0.3) is 0 Å². The molecule has 1 rings (SSSR count). The molecule has 0 amide bonds. The third kappa shape index (κ3) is 1.98. The summed E-state index contributed by atoms with van der Waals surface area (Å²) in [6.45, 7) is -0.686. The smallest absolute Gasteiger partial charge is 0.150 e. The third-order valence-electron chi connectivity index (χ3n) is 1.19. The number of hydrogen-bond donors (Lipinski definition) is 1. The molecule has 1 aromatic rings. The molecule has 0 spiro atoms. The highest BCUT2D eigenvalue weighted by Gasteiger charge is 1.91. The largest absolute Gasteiger partial charge is 0.507 e. The average molecular weight is 150 g/mol. The number of hydrogen-bond acceptors (Lipinski definition) is 1. The van der Waals surface area contributed by atoms with Gasteiger partial charge in [0.2, 0.25) is 0 Å². The number of benzene rings is 1. The van der Waals surface area contributed by atoms with Gasteiger partial charge in [0.1, 0.15) is 5.75 Å². The molecule has 2 heteroatoms. The van der Waals surface area contributed by atoms with Crippen LogP contribution in [0.5, 0.6) is 5.75 Å². The van der Waals surface area contributed by atoms with E-state index in [1.807, 2.05) is 0 Å². The van der Waals surface area contributed by atoms with Crippen molar-refractivity contribution in [3.63, 3.8) is 0 Å². The van der Waals surface area contributed by atoms with E-state index in [1.165, 1.54) is 6.07 Å². The van der Waals surface area contributed by atoms with Crippen LogP contribution in [-0.2, 0) is 0 Å². The van der Waals surface area contributed by atoms with Gasteiger partial charge in [-0.1, -0.05) is 24.0 Å². The fourth-order valence-electron chi connectivity index (χ4n) is 0.708. The summed E-state index contributed by atoms with van der Waals surface area (Å²) in [5, 5.41) is 9.11. The van der Waals surface area contributed by atoms with E-state index in [0.29, 0.717) is 5.56 Å². The van der Waals surface area contributed by atoms with E-state index in [4.69, 9.17) is 5.11 Å². The van der Waals surface area contributed by atoms with Crippen molar-refractivity contribution in [1.29, 1.82) is 0 Å². The Morgan fingerprint density at radius 1 is 1.36 bits per heavy atom. The summed E-state index contributed by atoms with van der Waals surface area (Å²) in [6, 6.07) is 6.58. The highest BCUT2D eigenvalue weighted by atomic mass is 19.1. The second-order valence-corrected chi connectivity index (χ2v) is 1.95. The van der Waals surface area contributed by atoms with Crippen molar-refractivity contribution in [3.8, 4) is 17.6 Å². The lowest BCUT2D eigenvalue weighted by atomic mass is 10.2. The van der Waals surface area contributed by atoms with E-state index in [9.17, 15) is 4.39 Å². The van der Waals surface area contributed by atoms with E-state index in [-0.39, 0.29) is 5.75 Å². The molecular formula is C9H7FO. The Kier molecular flexibility index (Phi) is 2.51. The lowest BCUT2D eigenvalue weighted by molar-refractivity contribution is 0.473. The van der Waals surface area contributed by atoms with Crippen LogP contribution in [-0.4, -0.2) is 11.8 Å². The number of aromatic hydroxyl groups is 1. The number of phenols is 1. The molecule has 0 aromatic heterocycles. The summed E-state index contributed by atoms with van der Waals surface area (Å²) in [5.74, 6) is 4.81. The minimum absolute atomic E-state index is 0.0912. The van der Waals surface area contributed by atoms with Gasteiger partial charge in [0.05, 0.1) is 5.56 Å². The zero-order valence-electron chi connectivity index (χ0n) is 5.84. The molecule has 0 aliphatic carbocycles. The van der Waals surface area contributed by atoms with Gasteiger partial charge in [-0.05, 0) is 12.1 Å². The maximum absolute atomic E-state index is 11.6. The van der Waals surface area contributed by atoms with Crippen LogP contribution < -0.4 is 0 Å². The Morgan fingerprint density at radius 2 is 2.09 bits per heavy atom. The Bertz CT molecular complexity index is 296. The standard InChI is InChI=1S/C9H7FO/c10-7-3-5-8-4-1-2-6-9(8)11/h1-2,4,6,11H,7H2. The number of alkyl halides is 1. The molecule has 0 saturated heterocycles. The first-order valence-electron chi connectivity index (χ1n) is 3.17. The summed E-state index contributed by atoms with van der Waals surface area (Å²) < 4.78 is 11.6. The van der Waals surface area contributed by atoms with Gasteiger partial charge in [-0.2, -0.15) is 0 Å². The molecule has 0 atom stereocenters. The summed E-state index contributed by atoms with van der Waals surface area (Å²) in [7, 11) is 0. The maximum Gasteiger partial charge on any atom is 0.150 e. The quantitative estimate of drug-likeness (QED) is 0.558. The van der Waals surface area contributed by atoms with E-state index in [2.05, 4.69) is 11.8 Å². The summed E-state index contributed by atoms with van der Waals surface area (Å²) in [4.78, 5) is 0. The molecule has 0 aliphatic rings. The van der Waals surface area contributed by atoms with Gasteiger partial charge >= 0.3 is 0 Å². The minimum atomic E-state index is -0.686. The number of phenolic OH excluding ortho intramolecular Hbond substituents is 1. The Morgan fingerprint density at radius 3 is 2.73 bits per heavy atom. The topological polar surface area (TPSA) is 20.2 Å². The van der Waals surface area contributed by atoms with Gasteiger partial charge in [0.15, 0.2) is 6.67 Å². The maximum atomic E-state index is 11.6. The molecule has 11 heavy (non-hydrogen) atoms. The van der Waals surface area contributed by atoms with Crippen molar-refractivity contribution < 1.29 is 9.50 Å². The summed E-state index contributed by atoms with van der Waals surface area (Å²) >= 11 is 0. The molecule has 0 saturated carbocycles. The zero-order valence-corrected chi connectivity index (χ0v) is 5.84. The Hall–Kier alpha value is -1.49. The van der Waals surface area contributed by atoms with Crippen molar-refractivity contribution in [2.24, 2.45) is 0 Å². The summed E-state index contributed by atoms with van der Waals surface area (Å²) in [6.07, 6.45) is 0. The second-order valence-electron chi connectivity index (χ2n) is 1.95. The van der Waals surface area contributed by atoms with Gasteiger partial charge in [-0.25, -0.2) is 4.39 Å². The lowest BCUT2D eigenvalue weighted by Gasteiger charge is -1.92. The van der Waals surface area contributed by atoms with Gasteiger partial charge in [0.25, 0.3) is 0 Å². The summed E-state index contributed by atoms with van der Waals surface area (Å²) in [5.41, 5.74) is 0.463. The van der Waals surface area contributed by atoms with Crippen LogP contribution in [0.4, 0.5) is 4.39 Å². The van der Waals surface area contributed by atoms with Crippen LogP contribution in [0.15, 0.2) is 24.3 Å². The van der Waals surface area contributed by atoms with E-state index in [1.54, 1.807) is 18.2 Å². The van der Waals surface area contributed by atoms with Gasteiger partial charge in [0, 0.05) is 0 Å². The SMILES string of the molecule is Oc1ccccc1C#CCF. The fraction of sp³-hybridized carbons (Fsp3) is 0.111. The molecule has 1 aromatic carbocycles. The predicted molar refractivity (Wildman–Crippen MR) is 41.0 cm³/mol. The third-order valence-corrected chi connectivity index (χ3v) is 1.19. The highest BCUT2D eigenvalue weighted by molar-refractivity contribution is 5.44. The van der Waals surface area contributed by atoms with E-state index >= 15 is 0 Å². The lowest BCUT2D eigenvalue weighted by Crippen LogP contribution is -1.74. The van der Waals surface area contributed by atoms with Crippen molar-refractivity contribution in [1.82, 2.24) is 0 Å². The minimum Gasteiger partial charge on any atom is -0.507 e. The fourth-order valence-corrected chi connectivity index (χ4v) is 0.708. The van der Waals surface area contributed by atoms with Crippen LogP contribution in [0.1, 0.15) is 5.56 Å². The molecule has 56 valence electrons. The van der Waals surface area contributed by atoms with Crippen LogP contribution in [0.3, 0.4) is 0 Å². The number of halogens is 1. The van der Waals surface area contributed by atoms with Gasteiger partial charge < -0.3 is 5.11 Å². The Balaban J connectivity index is 2.95. The van der Waals surface area contributed by atoms with Crippen LogP contribution in [0.2, 0.25) is 0 Å². The molecule has 0 radical (unpaired) electrons. The first kappa shape index (κ1) is 7.62. The molecule has 1 N–H and O–H groups in total. The molecule has 0 fully saturated rings. The van der Waals surface area contributed by atoms with Crippen molar-refractivity contribution >= 4 is 0 Å². The van der Waals surface area contributed by atoms with Gasteiger partial charge in [-0.15, -0.1) is 0 Å². The molecule has 1 nitrogen and oxygen atoms in total. The van der Waals surface area contributed by atoms with Crippen LogP contribution >= 0.6 is 0 Å². The van der Waals surface area contributed by atoms with Gasteiger partial charge in [-0.3, -0.25) is 0 Å². The zero-order chi connectivity index (χ0) is 8.10. The first-order valence-corrected chi connectivity index (χ1v) is 3.17. The number of rotatable bonds is 0. The first-order chi connectivity index (χ1) is 5.34. The second kappa shape index (κ2) is 3.62. The van der Waals surface area contributed by atoms with Crippen molar-refractivity contribution in [2.45, 2.75) is 0 Å². The Labute approximate surface area is 64.5 Å². The predicted octanol–water partition coefficient (Wildman–Crippen LogP) is 1.71. The molecule has 0 bridgehead atoms. The normalized spacial score (nSPS) is 8.45. The van der Waals surface area contributed by atoms with E-state index in [0.717, 1.165) is 0 Å². The van der Waals surface area contributed by atoms with E-state index < -0.39 is 6.67 Å².